The summed E-state index contributed by atoms with van der Waals surface area (Å²) in [7, 11) is 1.72. The lowest BCUT2D eigenvalue weighted by atomic mass is 10.0. The van der Waals surface area contributed by atoms with Crippen LogP contribution >= 0.6 is 0 Å². The van der Waals surface area contributed by atoms with Gasteiger partial charge in [-0.05, 0) is 68.5 Å². The highest BCUT2D eigenvalue weighted by molar-refractivity contribution is 5.56. The van der Waals surface area contributed by atoms with Crippen LogP contribution in [0.2, 0.25) is 0 Å². The largest absolute Gasteiger partial charge is 0.497 e. The lowest BCUT2D eigenvalue weighted by Crippen LogP contribution is -2.50. The molecule has 1 fully saturated rings. The van der Waals surface area contributed by atoms with Crippen LogP contribution in [0.4, 0.5) is 5.69 Å². The SMILES string of the molecule is COc1ccc(CC[C@H](C)N2CCN(c3cccc(C)c3C)CC2)cc1. The minimum Gasteiger partial charge on any atom is -0.497 e. The topological polar surface area (TPSA) is 15.7 Å². The molecule has 1 heterocycles. The van der Waals surface area contributed by atoms with Gasteiger partial charge in [-0.15, -0.1) is 0 Å². The molecule has 1 aliphatic heterocycles. The van der Waals surface area contributed by atoms with E-state index in [1.54, 1.807) is 7.11 Å². The van der Waals surface area contributed by atoms with Crippen LogP contribution in [0.15, 0.2) is 42.5 Å². The molecule has 0 bridgehead atoms. The summed E-state index contributed by atoms with van der Waals surface area (Å²) in [5.74, 6) is 0.935. The van der Waals surface area contributed by atoms with Gasteiger partial charge in [0.2, 0.25) is 0 Å². The fourth-order valence-electron chi connectivity index (χ4n) is 3.83. The molecule has 3 rings (SSSR count). The highest BCUT2D eigenvalue weighted by Gasteiger charge is 2.22. The molecule has 0 amide bonds. The molecule has 3 nitrogen and oxygen atoms in total. The van der Waals surface area contributed by atoms with Gasteiger partial charge >= 0.3 is 0 Å². The minimum absolute atomic E-state index is 0.623. The number of rotatable bonds is 6. The quantitative estimate of drug-likeness (QED) is 0.764. The number of anilines is 1. The van der Waals surface area contributed by atoms with Gasteiger partial charge in [-0.25, -0.2) is 0 Å². The summed E-state index contributed by atoms with van der Waals surface area (Å²) in [6, 6.07) is 15.8. The normalized spacial score (nSPS) is 16.5. The number of hydrogen-bond donors (Lipinski definition) is 0. The third-order valence-electron chi connectivity index (χ3n) is 5.86. The second-order valence-corrected chi connectivity index (χ2v) is 7.48. The van der Waals surface area contributed by atoms with Gasteiger partial charge in [0.25, 0.3) is 0 Å². The molecule has 1 saturated heterocycles. The van der Waals surface area contributed by atoms with Crippen molar-refractivity contribution in [3.63, 3.8) is 0 Å². The van der Waals surface area contributed by atoms with Gasteiger partial charge < -0.3 is 9.64 Å². The van der Waals surface area contributed by atoms with Gasteiger partial charge in [0.05, 0.1) is 7.11 Å². The van der Waals surface area contributed by atoms with Crippen molar-refractivity contribution in [3.05, 3.63) is 59.2 Å². The number of methoxy groups -OCH3 is 1. The molecule has 0 aliphatic carbocycles. The first-order valence-corrected chi connectivity index (χ1v) is 9.76. The van der Waals surface area contributed by atoms with Crippen molar-refractivity contribution in [3.8, 4) is 5.75 Å². The predicted octanol–water partition coefficient (Wildman–Crippen LogP) is 4.46. The van der Waals surface area contributed by atoms with Gasteiger partial charge in [0.1, 0.15) is 5.75 Å². The van der Waals surface area contributed by atoms with E-state index in [4.69, 9.17) is 4.74 Å². The molecule has 0 N–H and O–H groups in total. The zero-order valence-electron chi connectivity index (χ0n) is 16.7. The molecule has 0 radical (unpaired) electrons. The number of nitrogens with zero attached hydrogens (tertiary/aromatic N) is 2. The van der Waals surface area contributed by atoms with Crippen LogP contribution < -0.4 is 9.64 Å². The maximum absolute atomic E-state index is 5.24. The molecule has 0 aromatic heterocycles. The average Bonchev–Trinajstić information content (AvgIpc) is 2.69. The Labute approximate surface area is 158 Å². The van der Waals surface area contributed by atoms with Gasteiger partial charge in [0.15, 0.2) is 0 Å². The fourth-order valence-corrected chi connectivity index (χ4v) is 3.83. The smallest absolute Gasteiger partial charge is 0.118 e. The van der Waals surface area contributed by atoms with Gasteiger partial charge in [-0.3, -0.25) is 4.90 Å². The molecule has 2 aromatic rings. The third kappa shape index (κ3) is 4.39. The van der Waals surface area contributed by atoms with Crippen molar-refractivity contribution in [2.24, 2.45) is 0 Å². The van der Waals surface area contributed by atoms with Crippen LogP contribution in [0.3, 0.4) is 0 Å². The van der Waals surface area contributed by atoms with Gasteiger partial charge in [-0.2, -0.15) is 0 Å². The van der Waals surface area contributed by atoms with Gasteiger partial charge in [0, 0.05) is 37.9 Å². The van der Waals surface area contributed by atoms with Crippen LogP contribution in [-0.4, -0.2) is 44.2 Å². The number of ether oxygens (including phenoxy) is 1. The standard InChI is InChI=1S/C23H32N2O/c1-18-6-5-7-23(20(18)3)25-16-14-24(15-17-25)19(2)8-9-21-10-12-22(26-4)13-11-21/h5-7,10-13,19H,8-9,14-17H2,1-4H3/t19-/m0/s1. The van der Waals surface area contributed by atoms with E-state index in [1.807, 2.05) is 0 Å². The molecule has 1 aliphatic rings. The second-order valence-electron chi connectivity index (χ2n) is 7.48. The molecular formula is C23H32N2O. The Morgan fingerprint density at radius 1 is 0.962 bits per heavy atom. The van der Waals surface area contributed by atoms with Crippen LogP contribution in [0.25, 0.3) is 0 Å². The lowest BCUT2D eigenvalue weighted by Gasteiger charge is -2.40. The van der Waals surface area contributed by atoms with Crippen molar-refractivity contribution >= 4 is 5.69 Å². The Kier molecular flexibility index (Phi) is 6.20. The molecule has 3 heteroatoms. The number of hydrogen-bond acceptors (Lipinski definition) is 3. The second kappa shape index (κ2) is 8.59. The summed E-state index contributed by atoms with van der Waals surface area (Å²) < 4.78 is 5.24. The number of piperazine rings is 1. The van der Waals surface area contributed by atoms with Crippen LogP contribution in [0.1, 0.15) is 30.0 Å². The summed E-state index contributed by atoms with van der Waals surface area (Å²) in [6.07, 6.45) is 2.33. The number of aryl methyl sites for hydroxylation is 2. The first-order chi connectivity index (χ1) is 12.6. The van der Waals surface area contributed by atoms with E-state index >= 15 is 0 Å². The van der Waals surface area contributed by atoms with Crippen molar-refractivity contribution in [1.82, 2.24) is 4.90 Å². The highest BCUT2D eigenvalue weighted by atomic mass is 16.5. The summed E-state index contributed by atoms with van der Waals surface area (Å²) in [4.78, 5) is 5.19. The Bertz CT molecular complexity index is 703. The van der Waals surface area contributed by atoms with E-state index in [9.17, 15) is 0 Å². The molecule has 0 unspecified atom stereocenters. The summed E-state index contributed by atoms with van der Waals surface area (Å²) in [5, 5.41) is 0. The first-order valence-electron chi connectivity index (χ1n) is 9.76. The summed E-state index contributed by atoms with van der Waals surface area (Å²) in [6.45, 7) is 11.4. The van der Waals surface area contributed by atoms with Crippen LogP contribution in [0.5, 0.6) is 5.75 Å². The molecular weight excluding hydrogens is 320 g/mol. The Morgan fingerprint density at radius 2 is 1.65 bits per heavy atom. The maximum Gasteiger partial charge on any atom is 0.118 e. The Balaban J connectivity index is 1.50. The fraction of sp³-hybridized carbons (Fsp3) is 0.478. The van der Waals surface area contributed by atoms with Gasteiger partial charge in [-0.1, -0.05) is 24.3 Å². The average molecular weight is 353 g/mol. The summed E-state index contributed by atoms with van der Waals surface area (Å²) >= 11 is 0. The van der Waals surface area contributed by atoms with Crippen molar-refractivity contribution in [2.45, 2.75) is 39.7 Å². The molecule has 0 spiro atoms. The zero-order valence-corrected chi connectivity index (χ0v) is 16.7. The molecule has 0 saturated carbocycles. The zero-order chi connectivity index (χ0) is 18.5. The van der Waals surface area contributed by atoms with Crippen molar-refractivity contribution in [1.29, 1.82) is 0 Å². The van der Waals surface area contributed by atoms with E-state index in [1.165, 1.54) is 28.8 Å². The molecule has 1 atom stereocenters. The predicted molar refractivity (Wildman–Crippen MR) is 110 cm³/mol. The molecule has 26 heavy (non-hydrogen) atoms. The van der Waals surface area contributed by atoms with E-state index < -0.39 is 0 Å². The first kappa shape index (κ1) is 18.8. The third-order valence-corrected chi connectivity index (χ3v) is 5.86. The van der Waals surface area contributed by atoms with E-state index in [0.29, 0.717) is 6.04 Å². The van der Waals surface area contributed by atoms with E-state index in [-0.39, 0.29) is 0 Å². The van der Waals surface area contributed by atoms with Crippen molar-refractivity contribution in [2.75, 3.05) is 38.2 Å². The Hall–Kier alpha value is -2.00. The monoisotopic (exact) mass is 352 g/mol. The van der Waals surface area contributed by atoms with E-state index in [0.717, 1.165) is 38.3 Å². The van der Waals surface area contributed by atoms with E-state index in [2.05, 4.69) is 73.0 Å². The number of benzene rings is 2. The maximum atomic E-state index is 5.24. The van der Waals surface area contributed by atoms with Crippen LogP contribution in [0, 0.1) is 13.8 Å². The lowest BCUT2D eigenvalue weighted by molar-refractivity contribution is 0.188. The molecule has 140 valence electrons. The molecule has 2 aromatic carbocycles. The minimum atomic E-state index is 0.623. The van der Waals surface area contributed by atoms with Crippen LogP contribution in [-0.2, 0) is 6.42 Å². The Morgan fingerprint density at radius 3 is 2.31 bits per heavy atom. The summed E-state index contributed by atoms with van der Waals surface area (Å²) in [5.41, 5.74) is 5.62. The highest BCUT2D eigenvalue weighted by Crippen LogP contribution is 2.24. The van der Waals surface area contributed by atoms with Crippen molar-refractivity contribution < 1.29 is 4.74 Å².